The third-order valence-electron chi connectivity index (χ3n) is 2.97. The minimum Gasteiger partial charge on any atom is -0.323 e. The van der Waals surface area contributed by atoms with Crippen molar-refractivity contribution in [1.82, 2.24) is 4.98 Å². The average Bonchev–Trinajstić information content (AvgIpc) is 3.19. The maximum absolute atomic E-state index is 13.5. The van der Waals surface area contributed by atoms with Gasteiger partial charge >= 0.3 is 0 Å². The number of hydrogen-bond acceptors (Lipinski definition) is 4. The van der Waals surface area contributed by atoms with Crippen molar-refractivity contribution in [1.29, 1.82) is 0 Å². The lowest BCUT2D eigenvalue weighted by Gasteiger charge is -2.06. The van der Waals surface area contributed by atoms with Crippen molar-refractivity contribution in [3.8, 4) is 10.6 Å². The van der Waals surface area contributed by atoms with Crippen LogP contribution in [0.4, 0.5) is 18.9 Å². The van der Waals surface area contributed by atoms with E-state index < -0.39 is 29.0 Å². The molecule has 0 aliphatic heterocycles. The van der Waals surface area contributed by atoms with Crippen LogP contribution in [0.15, 0.2) is 34.3 Å². The molecule has 0 aliphatic carbocycles. The number of aromatic nitrogens is 1. The predicted octanol–water partition coefficient (Wildman–Crippen LogP) is 4.47. The van der Waals surface area contributed by atoms with E-state index in [1.54, 1.807) is 16.7 Å². The monoisotopic (exact) mass is 354 g/mol. The molecule has 0 atom stereocenters. The molecule has 0 bridgehead atoms. The largest absolute Gasteiger partial charge is 0.323 e. The quantitative estimate of drug-likeness (QED) is 0.703. The Kier molecular flexibility index (Phi) is 4.44. The number of hydrogen-bond donors (Lipinski definition) is 1. The summed E-state index contributed by atoms with van der Waals surface area (Å²) in [6.07, 6.45) is -0.0843. The molecular formula is C15H9F3N2OS2. The van der Waals surface area contributed by atoms with E-state index in [-0.39, 0.29) is 6.42 Å². The van der Waals surface area contributed by atoms with Gasteiger partial charge in [-0.1, -0.05) is 0 Å². The lowest BCUT2D eigenvalue weighted by molar-refractivity contribution is -0.115. The fourth-order valence-electron chi connectivity index (χ4n) is 1.89. The highest BCUT2D eigenvalue weighted by Gasteiger charge is 2.16. The molecule has 0 unspecified atom stereocenters. The zero-order valence-corrected chi connectivity index (χ0v) is 13.1. The first-order valence-electron chi connectivity index (χ1n) is 6.45. The smallest absolute Gasteiger partial charge is 0.230 e. The Morgan fingerprint density at radius 3 is 2.70 bits per heavy atom. The van der Waals surface area contributed by atoms with E-state index in [0.29, 0.717) is 5.69 Å². The van der Waals surface area contributed by atoms with Gasteiger partial charge in [0.2, 0.25) is 5.91 Å². The second-order valence-corrected chi connectivity index (χ2v) is 6.24. The van der Waals surface area contributed by atoms with Crippen LogP contribution in [0.2, 0.25) is 0 Å². The predicted molar refractivity (Wildman–Crippen MR) is 84.1 cm³/mol. The van der Waals surface area contributed by atoms with Gasteiger partial charge in [-0.05, 0) is 23.6 Å². The molecule has 118 valence electrons. The minimum absolute atomic E-state index is 0.0843. The van der Waals surface area contributed by atoms with Gasteiger partial charge in [0.05, 0.1) is 17.8 Å². The van der Waals surface area contributed by atoms with E-state index in [4.69, 9.17) is 0 Å². The number of thiazole rings is 1. The Morgan fingerprint density at radius 2 is 1.96 bits per heavy atom. The summed E-state index contributed by atoms with van der Waals surface area (Å²) in [6, 6.07) is 3.65. The summed E-state index contributed by atoms with van der Waals surface area (Å²) >= 11 is 2.94. The Hall–Kier alpha value is -2.19. The number of thiophene rings is 1. The molecule has 0 spiro atoms. The number of carbonyl (C=O) groups is 1. The molecule has 8 heteroatoms. The van der Waals surface area contributed by atoms with Gasteiger partial charge in [-0.2, -0.15) is 11.3 Å². The van der Waals surface area contributed by atoms with E-state index in [1.807, 2.05) is 16.8 Å². The lowest BCUT2D eigenvalue weighted by atomic mass is 10.2. The second-order valence-electron chi connectivity index (χ2n) is 4.60. The second kappa shape index (κ2) is 6.51. The number of amides is 1. The Labute approximate surface area is 137 Å². The Balaban J connectivity index is 1.69. The number of nitrogens with one attached hydrogen (secondary N) is 1. The maximum Gasteiger partial charge on any atom is 0.230 e. The van der Waals surface area contributed by atoms with E-state index in [1.165, 1.54) is 11.3 Å². The van der Waals surface area contributed by atoms with Gasteiger partial charge in [-0.15, -0.1) is 11.3 Å². The fourth-order valence-corrected chi connectivity index (χ4v) is 3.42. The lowest BCUT2D eigenvalue weighted by Crippen LogP contribution is -2.16. The molecule has 1 N–H and O–H groups in total. The van der Waals surface area contributed by atoms with Gasteiger partial charge in [-0.25, -0.2) is 18.2 Å². The minimum atomic E-state index is -1.61. The third kappa shape index (κ3) is 3.43. The van der Waals surface area contributed by atoms with Crippen molar-refractivity contribution in [3.63, 3.8) is 0 Å². The van der Waals surface area contributed by atoms with E-state index in [9.17, 15) is 18.0 Å². The number of carbonyl (C=O) groups excluding carboxylic acids is 1. The Bertz CT molecular complexity index is 847. The van der Waals surface area contributed by atoms with E-state index in [2.05, 4.69) is 10.3 Å². The summed E-state index contributed by atoms with van der Waals surface area (Å²) in [4.78, 5) is 16.2. The summed E-state index contributed by atoms with van der Waals surface area (Å²) in [5.41, 5.74) is 1.09. The average molecular weight is 354 g/mol. The fraction of sp³-hybridized carbons (Fsp3) is 0.0667. The first-order valence-corrected chi connectivity index (χ1v) is 8.27. The summed E-state index contributed by atoms with van der Waals surface area (Å²) in [5.74, 6) is -4.90. The first kappa shape index (κ1) is 15.7. The van der Waals surface area contributed by atoms with Gasteiger partial charge in [0.1, 0.15) is 5.01 Å². The zero-order valence-electron chi connectivity index (χ0n) is 11.5. The molecule has 0 saturated heterocycles. The summed E-state index contributed by atoms with van der Waals surface area (Å²) in [5, 5.41) is 8.60. The molecular weight excluding hydrogens is 345 g/mol. The zero-order chi connectivity index (χ0) is 16.4. The molecule has 3 nitrogen and oxygen atoms in total. The number of anilines is 1. The van der Waals surface area contributed by atoms with Gasteiger partial charge in [0, 0.05) is 16.3 Å². The maximum atomic E-state index is 13.5. The first-order chi connectivity index (χ1) is 11.0. The molecule has 0 aliphatic rings. The van der Waals surface area contributed by atoms with E-state index in [0.717, 1.165) is 22.7 Å². The number of rotatable bonds is 4. The highest BCUT2D eigenvalue weighted by Crippen LogP contribution is 2.26. The standard InChI is InChI=1S/C15H9F3N2OS2/c16-10-1-2-11(14(18)13(10)17)20-12(21)5-9-7-23-15(19-9)8-3-4-22-6-8/h1-4,6-7H,5H2,(H,20,21). The van der Waals surface area contributed by atoms with Crippen LogP contribution in [0.25, 0.3) is 10.6 Å². The van der Waals surface area contributed by atoms with Crippen molar-refractivity contribution in [2.75, 3.05) is 5.32 Å². The molecule has 1 aromatic carbocycles. The molecule has 3 rings (SSSR count). The van der Waals surface area contributed by atoms with Crippen LogP contribution >= 0.6 is 22.7 Å². The van der Waals surface area contributed by atoms with Crippen LogP contribution in [0.1, 0.15) is 5.69 Å². The number of halogens is 3. The van der Waals surface area contributed by atoms with Crippen LogP contribution < -0.4 is 5.32 Å². The van der Waals surface area contributed by atoms with Crippen molar-refractivity contribution in [3.05, 3.63) is 57.5 Å². The van der Waals surface area contributed by atoms with Crippen molar-refractivity contribution in [2.45, 2.75) is 6.42 Å². The molecule has 2 aromatic heterocycles. The number of nitrogens with zero attached hydrogens (tertiary/aromatic N) is 1. The van der Waals surface area contributed by atoms with Crippen LogP contribution in [-0.4, -0.2) is 10.9 Å². The number of benzene rings is 1. The van der Waals surface area contributed by atoms with Crippen molar-refractivity contribution >= 4 is 34.3 Å². The van der Waals surface area contributed by atoms with Crippen LogP contribution in [0, 0.1) is 17.5 Å². The molecule has 23 heavy (non-hydrogen) atoms. The SMILES string of the molecule is O=C(Cc1csc(-c2ccsc2)n1)Nc1ccc(F)c(F)c1F. The van der Waals surface area contributed by atoms with Crippen LogP contribution in [-0.2, 0) is 11.2 Å². The van der Waals surface area contributed by atoms with E-state index >= 15 is 0 Å². The topological polar surface area (TPSA) is 42.0 Å². The van der Waals surface area contributed by atoms with Gasteiger partial charge in [0.15, 0.2) is 17.5 Å². The van der Waals surface area contributed by atoms with Crippen LogP contribution in [0.3, 0.4) is 0 Å². The summed E-state index contributed by atoms with van der Waals surface area (Å²) < 4.78 is 39.5. The van der Waals surface area contributed by atoms with Gasteiger partial charge < -0.3 is 5.32 Å². The van der Waals surface area contributed by atoms with Gasteiger partial charge in [0.25, 0.3) is 0 Å². The highest BCUT2D eigenvalue weighted by molar-refractivity contribution is 7.14. The third-order valence-corrected chi connectivity index (χ3v) is 4.59. The molecule has 0 fully saturated rings. The molecule has 2 heterocycles. The summed E-state index contributed by atoms with van der Waals surface area (Å²) in [7, 11) is 0. The Morgan fingerprint density at radius 1 is 1.13 bits per heavy atom. The van der Waals surface area contributed by atoms with Gasteiger partial charge in [-0.3, -0.25) is 4.79 Å². The van der Waals surface area contributed by atoms with Crippen LogP contribution in [0.5, 0.6) is 0 Å². The van der Waals surface area contributed by atoms with Crippen molar-refractivity contribution in [2.24, 2.45) is 0 Å². The highest BCUT2D eigenvalue weighted by atomic mass is 32.1. The molecule has 0 saturated carbocycles. The molecule has 0 radical (unpaired) electrons. The molecule has 3 aromatic rings. The summed E-state index contributed by atoms with van der Waals surface area (Å²) in [6.45, 7) is 0. The van der Waals surface area contributed by atoms with Crippen molar-refractivity contribution < 1.29 is 18.0 Å². The molecule has 1 amide bonds. The normalized spacial score (nSPS) is 10.7.